The van der Waals surface area contributed by atoms with Crippen molar-refractivity contribution in [2.75, 3.05) is 14.2 Å². The second kappa shape index (κ2) is 9.82. The van der Waals surface area contributed by atoms with Crippen LogP contribution in [-0.2, 0) is 6.42 Å². The van der Waals surface area contributed by atoms with Crippen LogP contribution in [0, 0.1) is 5.92 Å². The lowest BCUT2D eigenvalue weighted by atomic mass is 9.89. The normalized spacial score (nSPS) is 14.0. The number of rotatable bonds is 10. The molecule has 114 valence electrons. The van der Waals surface area contributed by atoms with Crippen molar-refractivity contribution >= 4 is 0 Å². The average molecular weight is 277 g/mol. The SMILES string of the molecule is CCCCC(CC)CC(Cc1cccc(OC)c1)NC. The molecule has 0 radical (unpaired) electrons. The minimum Gasteiger partial charge on any atom is -0.497 e. The summed E-state index contributed by atoms with van der Waals surface area (Å²) >= 11 is 0. The second-order valence-corrected chi connectivity index (χ2v) is 5.69. The lowest BCUT2D eigenvalue weighted by Crippen LogP contribution is -2.30. The fraction of sp³-hybridized carbons (Fsp3) is 0.667. The highest BCUT2D eigenvalue weighted by atomic mass is 16.5. The monoisotopic (exact) mass is 277 g/mol. The van der Waals surface area contributed by atoms with Gasteiger partial charge in [-0.1, -0.05) is 51.7 Å². The molecule has 2 atom stereocenters. The second-order valence-electron chi connectivity index (χ2n) is 5.69. The molecule has 1 rings (SSSR count). The third-order valence-corrected chi connectivity index (χ3v) is 4.19. The van der Waals surface area contributed by atoms with Crippen LogP contribution in [-0.4, -0.2) is 20.2 Å². The fourth-order valence-corrected chi connectivity index (χ4v) is 2.77. The first kappa shape index (κ1) is 17.0. The van der Waals surface area contributed by atoms with E-state index in [2.05, 4.69) is 44.4 Å². The maximum Gasteiger partial charge on any atom is 0.119 e. The molecule has 20 heavy (non-hydrogen) atoms. The number of ether oxygens (including phenoxy) is 1. The molecular weight excluding hydrogens is 246 g/mol. The molecule has 0 amide bonds. The van der Waals surface area contributed by atoms with E-state index in [9.17, 15) is 0 Å². The Morgan fingerprint density at radius 2 is 2.05 bits per heavy atom. The maximum absolute atomic E-state index is 5.31. The van der Waals surface area contributed by atoms with Crippen LogP contribution in [0.2, 0.25) is 0 Å². The van der Waals surface area contributed by atoms with E-state index in [0.29, 0.717) is 6.04 Å². The first-order chi connectivity index (χ1) is 9.73. The van der Waals surface area contributed by atoms with Gasteiger partial charge in [0.25, 0.3) is 0 Å². The topological polar surface area (TPSA) is 21.3 Å². The Bertz CT molecular complexity index is 364. The molecule has 0 saturated carbocycles. The highest BCUT2D eigenvalue weighted by Gasteiger charge is 2.14. The van der Waals surface area contributed by atoms with Gasteiger partial charge in [0.05, 0.1) is 7.11 Å². The molecule has 0 bridgehead atoms. The standard InChI is InChI=1S/C18H31NO/c1-5-7-9-15(6-2)12-17(19-3)13-16-10-8-11-18(14-16)20-4/h8,10-11,14-15,17,19H,5-7,9,12-13H2,1-4H3. The number of unbranched alkanes of at least 4 members (excludes halogenated alkanes) is 1. The van der Waals surface area contributed by atoms with Gasteiger partial charge in [-0.15, -0.1) is 0 Å². The van der Waals surface area contributed by atoms with Gasteiger partial charge in [0, 0.05) is 6.04 Å². The van der Waals surface area contributed by atoms with E-state index in [1.165, 1.54) is 37.7 Å². The summed E-state index contributed by atoms with van der Waals surface area (Å²) in [6, 6.07) is 8.99. The number of hydrogen-bond acceptors (Lipinski definition) is 2. The van der Waals surface area contributed by atoms with Gasteiger partial charge < -0.3 is 10.1 Å². The molecule has 0 aliphatic rings. The van der Waals surface area contributed by atoms with Crippen LogP contribution < -0.4 is 10.1 Å². The molecule has 0 spiro atoms. The quantitative estimate of drug-likeness (QED) is 0.683. The predicted molar refractivity (Wildman–Crippen MR) is 87.5 cm³/mol. The molecule has 0 aliphatic carbocycles. The molecule has 0 saturated heterocycles. The summed E-state index contributed by atoms with van der Waals surface area (Å²) in [5, 5.41) is 3.49. The first-order valence-corrected chi connectivity index (χ1v) is 8.03. The van der Waals surface area contributed by atoms with Crippen LogP contribution in [0.1, 0.15) is 51.5 Å². The van der Waals surface area contributed by atoms with Gasteiger partial charge in [-0.3, -0.25) is 0 Å². The predicted octanol–water partition coefficient (Wildman–Crippen LogP) is 4.43. The number of benzene rings is 1. The van der Waals surface area contributed by atoms with E-state index in [1.807, 2.05) is 6.07 Å². The third kappa shape index (κ3) is 5.96. The molecule has 1 aromatic carbocycles. The Morgan fingerprint density at radius 3 is 2.65 bits per heavy atom. The fourth-order valence-electron chi connectivity index (χ4n) is 2.77. The largest absolute Gasteiger partial charge is 0.497 e. The minimum atomic E-state index is 0.559. The molecule has 0 heterocycles. The zero-order chi connectivity index (χ0) is 14.8. The summed E-state index contributed by atoms with van der Waals surface area (Å²) in [7, 11) is 3.81. The van der Waals surface area contributed by atoms with Crippen molar-refractivity contribution in [3.8, 4) is 5.75 Å². The van der Waals surface area contributed by atoms with Crippen LogP contribution in [0.15, 0.2) is 24.3 Å². The molecular formula is C18H31NO. The van der Waals surface area contributed by atoms with E-state index in [0.717, 1.165) is 18.1 Å². The number of methoxy groups -OCH3 is 1. The Balaban J connectivity index is 2.56. The van der Waals surface area contributed by atoms with E-state index in [4.69, 9.17) is 4.74 Å². The smallest absolute Gasteiger partial charge is 0.119 e. The molecule has 2 heteroatoms. The molecule has 0 fully saturated rings. The van der Waals surface area contributed by atoms with Crippen molar-refractivity contribution in [1.82, 2.24) is 5.32 Å². The summed E-state index contributed by atoms with van der Waals surface area (Å²) in [4.78, 5) is 0. The average Bonchev–Trinajstić information content (AvgIpc) is 2.50. The van der Waals surface area contributed by atoms with Crippen LogP contribution in [0.3, 0.4) is 0 Å². The zero-order valence-electron chi connectivity index (χ0n) is 13.6. The van der Waals surface area contributed by atoms with E-state index < -0.39 is 0 Å². The number of likely N-dealkylation sites (N-methyl/N-ethyl adjacent to an activating group) is 1. The summed E-state index contributed by atoms with van der Waals surface area (Å²) in [6.45, 7) is 4.59. The Morgan fingerprint density at radius 1 is 1.25 bits per heavy atom. The lowest BCUT2D eigenvalue weighted by molar-refractivity contribution is 0.358. The summed E-state index contributed by atoms with van der Waals surface area (Å²) in [5.41, 5.74) is 1.36. The first-order valence-electron chi connectivity index (χ1n) is 8.03. The molecule has 0 aromatic heterocycles. The molecule has 1 aromatic rings. The van der Waals surface area contributed by atoms with E-state index in [1.54, 1.807) is 7.11 Å². The van der Waals surface area contributed by atoms with E-state index >= 15 is 0 Å². The van der Waals surface area contributed by atoms with Crippen molar-refractivity contribution in [3.05, 3.63) is 29.8 Å². The van der Waals surface area contributed by atoms with Gasteiger partial charge in [-0.2, -0.15) is 0 Å². The van der Waals surface area contributed by atoms with Gasteiger partial charge in [0.1, 0.15) is 5.75 Å². The van der Waals surface area contributed by atoms with E-state index in [-0.39, 0.29) is 0 Å². The van der Waals surface area contributed by atoms with Crippen LogP contribution >= 0.6 is 0 Å². The highest BCUT2D eigenvalue weighted by Crippen LogP contribution is 2.21. The maximum atomic E-state index is 5.31. The lowest BCUT2D eigenvalue weighted by Gasteiger charge is -2.22. The van der Waals surface area contributed by atoms with Gasteiger partial charge in [-0.05, 0) is 43.5 Å². The van der Waals surface area contributed by atoms with Gasteiger partial charge in [0.15, 0.2) is 0 Å². The molecule has 1 N–H and O–H groups in total. The van der Waals surface area contributed by atoms with Gasteiger partial charge in [-0.25, -0.2) is 0 Å². The van der Waals surface area contributed by atoms with Crippen molar-refractivity contribution in [2.45, 2.75) is 58.4 Å². The molecule has 2 unspecified atom stereocenters. The Kier molecular flexibility index (Phi) is 8.36. The summed E-state index contributed by atoms with van der Waals surface area (Å²) in [6.07, 6.45) is 7.66. The van der Waals surface area contributed by atoms with Crippen LogP contribution in [0.5, 0.6) is 5.75 Å². The van der Waals surface area contributed by atoms with Crippen molar-refractivity contribution in [3.63, 3.8) is 0 Å². The Hall–Kier alpha value is -1.02. The Labute approximate surface area is 124 Å². The highest BCUT2D eigenvalue weighted by molar-refractivity contribution is 5.28. The summed E-state index contributed by atoms with van der Waals surface area (Å²) < 4.78 is 5.31. The van der Waals surface area contributed by atoms with Crippen molar-refractivity contribution in [2.24, 2.45) is 5.92 Å². The number of hydrogen-bond donors (Lipinski definition) is 1. The van der Waals surface area contributed by atoms with Crippen LogP contribution in [0.25, 0.3) is 0 Å². The zero-order valence-corrected chi connectivity index (χ0v) is 13.6. The number of nitrogens with one attached hydrogen (secondary N) is 1. The van der Waals surface area contributed by atoms with Gasteiger partial charge in [0.2, 0.25) is 0 Å². The van der Waals surface area contributed by atoms with Crippen molar-refractivity contribution < 1.29 is 4.74 Å². The van der Waals surface area contributed by atoms with Crippen LogP contribution in [0.4, 0.5) is 0 Å². The molecule has 2 nitrogen and oxygen atoms in total. The minimum absolute atomic E-state index is 0.559. The summed E-state index contributed by atoms with van der Waals surface area (Å²) in [5.74, 6) is 1.80. The third-order valence-electron chi connectivity index (χ3n) is 4.19. The van der Waals surface area contributed by atoms with Crippen molar-refractivity contribution in [1.29, 1.82) is 0 Å². The molecule has 0 aliphatic heterocycles. The van der Waals surface area contributed by atoms with Gasteiger partial charge >= 0.3 is 0 Å².